The van der Waals surface area contributed by atoms with Crippen molar-refractivity contribution in [2.24, 2.45) is 0 Å². The van der Waals surface area contributed by atoms with Crippen LogP contribution in [0.3, 0.4) is 0 Å². The molecule has 1 N–H and O–H groups in total. The van der Waals surface area contributed by atoms with Crippen LogP contribution in [0.25, 0.3) is 16.6 Å². The number of nitrogens with one attached hydrogen (secondary N) is 1. The first-order valence-electron chi connectivity index (χ1n) is 6.02. The maximum atomic E-state index is 12.0. The van der Waals surface area contributed by atoms with E-state index >= 15 is 0 Å². The highest BCUT2D eigenvalue weighted by Crippen LogP contribution is 2.24. The normalized spacial score (nSPS) is 10.9. The number of methoxy groups -OCH3 is 1. The first-order valence-corrected chi connectivity index (χ1v) is 6.40. The number of H-pyrrole nitrogens is 1. The Labute approximate surface area is 119 Å². The Morgan fingerprint density at radius 2 is 2.20 bits per heavy atom. The topological polar surface area (TPSA) is 59.9 Å². The number of ether oxygens (including phenoxy) is 1. The molecule has 5 nitrogen and oxygen atoms in total. The quantitative estimate of drug-likeness (QED) is 0.738. The van der Waals surface area contributed by atoms with Gasteiger partial charge in [-0.3, -0.25) is 14.6 Å². The van der Waals surface area contributed by atoms with Gasteiger partial charge in [0.25, 0.3) is 5.56 Å². The molecule has 6 heteroatoms. The largest absolute Gasteiger partial charge is 0.497 e. The molecule has 2 heterocycles. The SMILES string of the molecule is COc1cccc(-n2[nH]c(=O)c3cnc(Cl)c(C)c32)c1. The Bertz CT molecular complexity index is 851. The van der Waals surface area contributed by atoms with E-state index in [1.807, 2.05) is 31.2 Å². The zero-order valence-electron chi connectivity index (χ0n) is 11.0. The van der Waals surface area contributed by atoms with Crippen LogP contribution in [0.2, 0.25) is 5.15 Å². The maximum Gasteiger partial charge on any atom is 0.273 e. The van der Waals surface area contributed by atoms with Crippen LogP contribution in [0.1, 0.15) is 5.56 Å². The summed E-state index contributed by atoms with van der Waals surface area (Å²) in [5.41, 5.74) is 2.07. The van der Waals surface area contributed by atoms with Gasteiger partial charge in [0, 0.05) is 17.8 Å². The van der Waals surface area contributed by atoms with Gasteiger partial charge >= 0.3 is 0 Å². The maximum absolute atomic E-state index is 12.0. The minimum atomic E-state index is -0.199. The second-order valence-corrected chi connectivity index (χ2v) is 4.77. The van der Waals surface area contributed by atoms with Crippen molar-refractivity contribution >= 4 is 22.5 Å². The second kappa shape index (κ2) is 4.68. The van der Waals surface area contributed by atoms with E-state index in [0.29, 0.717) is 16.3 Å². The van der Waals surface area contributed by atoms with Crippen molar-refractivity contribution in [3.8, 4) is 11.4 Å². The fourth-order valence-corrected chi connectivity index (χ4v) is 2.33. The minimum Gasteiger partial charge on any atom is -0.497 e. The number of fused-ring (bicyclic) bond motifs is 1. The monoisotopic (exact) mass is 289 g/mol. The molecule has 0 radical (unpaired) electrons. The Morgan fingerprint density at radius 1 is 1.40 bits per heavy atom. The molecule has 2 aromatic heterocycles. The lowest BCUT2D eigenvalue weighted by atomic mass is 10.2. The average Bonchev–Trinajstić information content (AvgIpc) is 2.81. The van der Waals surface area contributed by atoms with E-state index in [2.05, 4.69) is 10.1 Å². The number of hydrogen-bond donors (Lipinski definition) is 1. The number of rotatable bonds is 2. The molecule has 102 valence electrons. The summed E-state index contributed by atoms with van der Waals surface area (Å²) in [5, 5.41) is 3.69. The fraction of sp³-hybridized carbons (Fsp3) is 0.143. The summed E-state index contributed by atoms with van der Waals surface area (Å²) >= 11 is 6.05. The van der Waals surface area contributed by atoms with E-state index in [4.69, 9.17) is 16.3 Å². The summed E-state index contributed by atoms with van der Waals surface area (Å²) < 4.78 is 6.90. The van der Waals surface area contributed by atoms with Crippen LogP contribution in [-0.4, -0.2) is 21.9 Å². The first-order chi connectivity index (χ1) is 9.61. The zero-order chi connectivity index (χ0) is 14.3. The summed E-state index contributed by atoms with van der Waals surface area (Å²) in [4.78, 5) is 16.0. The smallest absolute Gasteiger partial charge is 0.273 e. The van der Waals surface area contributed by atoms with E-state index in [0.717, 1.165) is 16.8 Å². The van der Waals surface area contributed by atoms with Crippen LogP contribution < -0.4 is 10.3 Å². The Kier molecular flexibility index (Phi) is 2.99. The number of benzene rings is 1. The molecule has 3 rings (SSSR count). The number of nitrogens with zero attached hydrogens (tertiary/aromatic N) is 2. The molecule has 0 saturated carbocycles. The van der Waals surface area contributed by atoms with Crippen molar-refractivity contribution in [2.45, 2.75) is 6.92 Å². The van der Waals surface area contributed by atoms with Crippen LogP contribution in [0.4, 0.5) is 0 Å². The molecule has 0 bridgehead atoms. The highest BCUT2D eigenvalue weighted by molar-refractivity contribution is 6.30. The zero-order valence-corrected chi connectivity index (χ0v) is 11.7. The van der Waals surface area contributed by atoms with Crippen molar-refractivity contribution in [3.63, 3.8) is 0 Å². The molecule has 0 atom stereocenters. The van der Waals surface area contributed by atoms with E-state index < -0.39 is 0 Å². The molecule has 0 aliphatic heterocycles. The molecule has 0 aliphatic rings. The van der Waals surface area contributed by atoms with Gasteiger partial charge in [-0.2, -0.15) is 0 Å². The number of aromatic nitrogens is 3. The van der Waals surface area contributed by atoms with Crippen LogP contribution >= 0.6 is 11.6 Å². The van der Waals surface area contributed by atoms with Gasteiger partial charge in [-0.05, 0) is 19.1 Å². The summed E-state index contributed by atoms with van der Waals surface area (Å²) in [5.74, 6) is 0.711. The van der Waals surface area contributed by atoms with Gasteiger partial charge in [-0.15, -0.1) is 0 Å². The fourth-order valence-electron chi connectivity index (χ4n) is 2.19. The van der Waals surface area contributed by atoms with Crippen LogP contribution in [0, 0.1) is 6.92 Å². The van der Waals surface area contributed by atoms with Gasteiger partial charge in [0.1, 0.15) is 10.9 Å². The number of aromatic amines is 1. The third-order valence-electron chi connectivity index (χ3n) is 3.22. The van der Waals surface area contributed by atoms with Crippen molar-refractivity contribution in [1.82, 2.24) is 14.8 Å². The summed E-state index contributed by atoms with van der Waals surface area (Å²) in [6.45, 7) is 1.83. The second-order valence-electron chi connectivity index (χ2n) is 4.41. The molecule has 20 heavy (non-hydrogen) atoms. The molecule has 0 saturated heterocycles. The Balaban J connectivity index is 2.36. The molecular formula is C14H12ClN3O2. The van der Waals surface area contributed by atoms with Crippen LogP contribution in [0.5, 0.6) is 5.75 Å². The Hall–Kier alpha value is -2.27. The van der Waals surface area contributed by atoms with Gasteiger partial charge in [0.15, 0.2) is 0 Å². The van der Waals surface area contributed by atoms with E-state index in [-0.39, 0.29) is 5.56 Å². The predicted molar refractivity (Wildman–Crippen MR) is 78.0 cm³/mol. The van der Waals surface area contributed by atoms with Gasteiger partial charge in [-0.25, -0.2) is 4.98 Å². The number of aryl methyl sites for hydroxylation is 1. The number of halogens is 1. The lowest BCUT2D eigenvalue weighted by Crippen LogP contribution is -2.04. The predicted octanol–water partition coefficient (Wildman–Crippen LogP) is 2.68. The average molecular weight is 290 g/mol. The third-order valence-corrected chi connectivity index (χ3v) is 3.60. The third kappa shape index (κ3) is 1.87. The molecule has 0 amide bonds. The minimum absolute atomic E-state index is 0.199. The highest BCUT2D eigenvalue weighted by Gasteiger charge is 2.13. The molecule has 3 aromatic rings. The highest BCUT2D eigenvalue weighted by atomic mass is 35.5. The summed E-state index contributed by atoms with van der Waals surface area (Å²) in [6.07, 6.45) is 1.49. The van der Waals surface area contributed by atoms with Crippen molar-refractivity contribution in [3.05, 3.63) is 51.5 Å². The summed E-state index contributed by atoms with van der Waals surface area (Å²) in [7, 11) is 1.60. The molecule has 1 aromatic carbocycles. The number of hydrogen-bond acceptors (Lipinski definition) is 3. The standard InChI is InChI=1S/C14H12ClN3O2/c1-8-12-11(7-16-13(8)15)14(19)17-18(12)9-4-3-5-10(6-9)20-2/h3-7H,1-2H3,(H,17,19). The van der Waals surface area contributed by atoms with Gasteiger partial charge in [-0.1, -0.05) is 17.7 Å². The van der Waals surface area contributed by atoms with Crippen molar-refractivity contribution < 1.29 is 4.74 Å². The van der Waals surface area contributed by atoms with E-state index in [1.165, 1.54) is 6.20 Å². The Morgan fingerprint density at radius 3 is 2.95 bits per heavy atom. The van der Waals surface area contributed by atoms with Crippen molar-refractivity contribution in [1.29, 1.82) is 0 Å². The summed E-state index contributed by atoms with van der Waals surface area (Å²) in [6, 6.07) is 7.42. The van der Waals surface area contributed by atoms with Gasteiger partial charge < -0.3 is 4.74 Å². The molecular weight excluding hydrogens is 278 g/mol. The van der Waals surface area contributed by atoms with Crippen LogP contribution in [0.15, 0.2) is 35.3 Å². The number of pyridine rings is 1. The molecule has 0 spiro atoms. The lowest BCUT2D eigenvalue weighted by Gasteiger charge is -2.08. The molecule has 0 unspecified atom stereocenters. The van der Waals surface area contributed by atoms with E-state index in [9.17, 15) is 4.79 Å². The van der Waals surface area contributed by atoms with Gasteiger partial charge in [0.05, 0.1) is 23.7 Å². The van der Waals surface area contributed by atoms with Crippen LogP contribution in [-0.2, 0) is 0 Å². The molecule has 0 aliphatic carbocycles. The van der Waals surface area contributed by atoms with E-state index in [1.54, 1.807) is 11.8 Å². The molecule has 0 fully saturated rings. The first kappa shape index (κ1) is 12.7. The van der Waals surface area contributed by atoms with Crippen molar-refractivity contribution in [2.75, 3.05) is 7.11 Å². The van der Waals surface area contributed by atoms with Gasteiger partial charge in [0.2, 0.25) is 0 Å². The lowest BCUT2D eigenvalue weighted by molar-refractivity contribution is 0.414.